The van der Waals surface area contributed by atoms with Crippen LogP contribution in [0.3, 0.4) is 0 Å². The third kappa shape index (κ3) is 396. The first kappa shape index (κ1) is 31.8. The van der Waals surface area contributed by atoms with Gasteiger partial charge in [-0.3, -0.25) is 0 Å². The second-order valence-corrected chi connectivity index (χ2v) is 4.71. The van der Waals surface area contributed by atoms with E-state index in [2.05, 4.69) is 13.8 Å². The summed E-state index contributed by atoms with van der Waals surface area (Å²) in [5.41, 5.74) is 0. The van der Waals surface area contributed by atoms with Crippen molar-refractivity contribution in [3.63, 3.8) is 0 Å². The Balaban J connectivity index is -0.0000000459. The molecule has 0 spiro atoms. The third-order valence-electron chi connectivity index (χ3n) is 0.854. The van der Waals surface area contributed by atoms with Gasteiger partial charge in [-0.15, -0.1) is 18.3 Å². The minimum Gasteiger partial charge on any atom is -0.852 e. The van der Waals surface area contributed by atoms with Crippen LogP contribution in [0.2, 0.25) is 0 Å². The van der Waals surface area contributed by atoms with E-state index in [1.54, 1.807) is 41.5 Å². The molecule has 0 saturated heterocycles. The van der Waals surface area contributed by atoms with Gasteiger partial charge in [-0.1, -0.05) is 67.7 Å². The molecule has 3 nitrogen and oxygen atoms in total. The summed E-state index contributed by atoms with van der Waals surface area (Å²) in [6, 6.07) is 0. The zero-order valence-corrected chi connectivity index (χ0v) is 15.6. The predicted molar refractivity (Wildman–Crippen MR) is 74.9 cm³/mol. The fourth-order valence-electron chi connectivity index (χ4n) is 0.427. The van der Waals surface area contributed by atoms with Gasteiger partial charge in [0.15, 0.2) is 0 Å². The molecule has 0 unspecified atom stereocenters. The summed E-state index contributed by atoms with van der Waals surface area (Å²) in [6.45, 7) is 15.6. The smallest absolute Gasteiger partial charge is 0.852 e. The van der Waals surface area contributed by atoms with Crippen LogP contribution in [0.5, 0.6) is 0 Å². The molecule has 0 aliphatic heterocycles. The Labute approximate surface area is 136 Å². The normalized spacial score (nSPS) is 8.53. The van der Waals surface area contributed by atoms with E-state index in [9.17, 15) is 15.3 Å². The van der Waals surface area contributed by atoms with Gasteiger partial charge in [0.25, 0.3) is 0 Å². The van der Waals surface area contributed by atoms with Crippen molar-refractivity contribution in [2.24, 2.45) is 0 Å². The molecule has 0 fully saturated rings. The number of hydrogen-bond donors (Lipinski definition) is 0. The van der Waals surface area contributed by atoms with E-state index in [4.69, 9.17) is 0 Å². The summed E-state index contributed by atoms with van der Waals surface area (Å²) in [4.78, 5) is 0. The predicted octanol–water partition coefficient (Wildman–Crippen LogP) is 1.66. The Bertz CT molecular complexity index is 81.0. The van der Waals surface area contributed by atoms with Crippen LogP contribution in [0.1, 0.15) is 74.1 Å². The standard InChI is InChI=1S/C6H13.3C3H7O.Ti/c1-3-5-6-4-2;3*1-3(2)4;/h1,3-6H2,2H3;3*3H,1-2H3;/q4*-1;+4. The zero-order valence-electron chi connectivity index (χ0n) is 14.0. The van der Waals surface area contributed by atoms with Crippen molar-refractivity contribution >= 4 is 0 Å². The molecule has 19 heavy (non-hydrogen) atoms. The Morgan fingerprint density at radius 1 is 0.737 bits per heavy atom. The molecule has 0 atom stereocenters. The summed E-state index contributed by atoms with van der Waals surface area (Å²) < 4.78 is 0. The Morgan fingerprint density at radius 3 is 1.00 bits per heavy atom. The summed E-state index contributed by atoms with van der Waals surface area (Å²) in [6.07, 6.45) is 3.82. The second-order valence-electron chi connectivity index (χ2n) is 4.71. The van der Waals surface area contributed by atoms with Gasteiger partial charge in [-0.2, -0.15) is 6.42 Å². The van der Waals surface area contributed by atoms with Crippen molar-refractivity contribution in [3.8, 4) is 0 Å². The molecule has 0 N–H and O–H groups in total. The first-order valence-corrected chi connectivity index (χ1v) is 6.88. The maximum atomic E-state index is 9.53. The average Bonchev–Trinajstić information content (AvgIpc) is 2.11. The average molecular weight is 310 g/mol. The molecule has 4 heteroatoms. The summed E-state index contributed by atoms with van der Waals surface area (Å²) >= 11 is 0. The molecule has 0 aromatic heterocycles. The number of hydrogen-bond acceptors (Lipinski definition) is 3. The van der Waals surface area contributed by atoms with Gasteiger partial charge >= 0.3 is 21.7 Å². The van der Waals surface area contributed by atoms with E-state index in [0.717, 1.165) is 6.42 Å². The van der Waals surface area contributed by atoms with E-state index < -0.39 is 18.3 Å². The molecule has 0 radical (unpaired) electrons. The van der Waals surface area contributed by atoms with Crippen LogP contribution in [0.4, 0.5) is 0 Å². The van der Waals surface area contributed by atoms with Crippen LogP contribution in [0.15, 0.2) is 0 Å². The number of rotatable bonds is 3. The Hall–Kier alpha value is 0.594. The van der Waals surface area contributed by atoms with Crippen molar-refractivity contribution in [2.45, 2.75) is 92.5 Å². The van der Waals surface area contributed by atoms with Crippen LogP contribution in [-0.4, -0.2) is 18.3 Å². The fourth-order valence-corrected chi connectivity index (χ4v) is 0.427. The molecule has 0 aromatic carbocycles. The zero-order chi connectivity index (χ0) is 15.6. The molecule has 0 saturated carbocycles. The van der Waals surface area contributed by atoms with Crippen molar-refractivity contribution in [1.82, 2.24) is 0 Å². The van der Waals surface area contributed by atoms with Gasteiger partial charge < -0.3 is 22.2 Å². The van der Waals surface area contributed by atoms with Crippen molar-refractivity contribution in [1.29, 1.82) is 0 Å². The maximum Gasteiger partial charge on any atom is 4.00 e. The monoisotopic (exact) mass is 310 g/mol. The summed E-state index contributed by atoms with van der Waals surface area (Å²) in [5.74, 6) is 0. The molecular weight excluding hydrogens is 276 g/mol. The van der Waals surface area contributed by atoms with Crippen molar-refractivity contribution in [2.75, 3.05) is 0 Å². The largest absolute Gasteiger partial charge is 4.00 e. The Morgan fingerprint density at radius 2 is 0.947 bits per heavy atom. The molecule has 0 aliphatic rings. The topological polar surface area (TPSA) is 69.2 Å². The second kappa shape index (κ2) is 31.1. The van der Waals surface area contributed by atoms with E-state index in [0.29, 0.717) is 0 Å². The van der Waals surface area contributed by atoms with Crippen molar-refractivity contribution < 1.29 is 37.0 Å². The molecule has 0 heterocycles. The van der Waals surface area contributed by atoms with E-state index in [1.165, 1.54) is 19.3 Å². The molecule has 0 aromatic rings. The van der Waals surface area contributed by atoms with E-state index in [-0.39, 0.29) is 21.7 Å². The van der Waals surface area contributed by atoms with Crippen LogP contribution in [0.25, 0.3) is 0 Å². The summed E-state index contributed by atoms with van der Waals surface area (Å²) in [5, 5.41) is 28.6. The van der Waals surface area contributed by atoms with Gasteiger partial charge in [-0.05, 0) is 0 Å². The van der Waals surface area contributed by atoms with Crippen LogP contribution < -0.4 is 15.3 Å². The minimum absolute atomic E-state index is 0. The molecule has 0 amide bonds. The molecule has 0 rings (SSSR count). The van der Waals surface area contributed by atoms with Crippen molar-refractivity contribution in [3.05, 3.63) is 6.92 Å². The van der Waals surface area contributed by atoms with Crippen LogP contribution in [0, 0.1) is 6.92 Å². The SMILES string of the molecule is CC(C)[O-].CC(C)[O-].CC(C)[O-].[CH2-]CCCCC.[Ti+4]. The maximum absolute atomic E-state index is 9.53. The molecule has 0 aliphatic carbocycles. The first-order valence-electron chi connectivity index (χ1n) is 6.88. The summed E-state index contributed by atoms with van der Waals surface area (Å²) in [7, 11) is 0. The van der Waals surface area contributed by atoms with Crippen LogP contribution in [-0.2, 0) is 21.7 Å². The molecular formula is C15H34O3Ti. The first-order chi connectivity index (χ1) is 8.11. The van der Waals surface area contributed by atoms with Gasteiger partial charge in [0, 0.05) is 0 Å². The third-order valence-corrected chi connectivity index (χ3v) is 0.854. The van der Waals surface area contributed by atoms with Gasteiger partial charge in [-0.25, -0.2) is 0 Å². The molecule has 116 valence electrons. The van der Waals surface area contributed by atoms with Gasteiger partial charge in [0.2, 0.25) is 0 Å². The van der Waals surface area contributed by atoms with Gasteiger partial charge in [0.1, 0.15) is 0 Å². The molecule has 0 bridgehead atoms. The number of unbranched alkanes of at least 4 members (excludes halogenated alkanes) is 3. The van der Waals surface area contributed by atoms with Gasteiger partial charge in [0.05, 0.1) is 0 Å². The van der Waals surface area contributed by atoms with E-state index >= 15 is 0 Å². The Kier molecular flexibility index (Phi) is 52.1. The quantitative estimate of drug-likeness (QED) is 0.452. The fraction of sp³-hybridized carbons (Fsp3) is 0.933. The van der Waals surface area contributed by atoms with E-state index in [1.807, 2.05) is 0 Å². The van der Waals surface area contributed by atoms with Crippen LogP contribution >= 0.6 is 0 Å². The minimum atomic E-state index is -0.417.